The molecule has 2 heterocycles. The minimum absolute atomic E-state index is 0.310. The molecular weight excluding hydrogens is 190 g/mol. The number of hydrogen-bond donors (Lipinski definition) is 3. The van der Waals surface area contributed by atoms with E-state index >= 15 is 0 Å². The zero-order chi connectivity index (χ0) is 9.42. The van der Waals surface area contributed by atoms with Gasteiger partial charge >= 0.3 is 7.12 Å². The van der Waals surface area contributed by atoms with E-state index in [1.54, 1.807) is 12.1 Å². The summed E-state index contributed by atoms with van der Waals surface area (Å²) in [6, 6.07) is 3.30. The quantitative estimate of drug-likeness (QED) is 0.558. The summed E-state index contributed by atoms with van der Waals surface area (Å²) in [7, 11) is -1.51. The number of nitrogens with zero attached hydrogens (tertiary/aromatic N) is 1. The smallest absolute Gasteiger partial charge is 0.422 e. The number of halogens is 1. The third-order valence-corrected chi connectivity index (χ3v) is 1.94. The van der Waals surface area contributed by atoms with E-state index < -0.39 is 7.12 Å². The van der Waals surface area contributed by atoms with E-state index in [9.17, 15) is 0 Å². The molecule has 4 nitrogen and oxygen atoms in total. The van der Waals surface area contributed by atoms with Gasteiger partial charge in [0.05, 0.1) is 5.02 Å². The second-order valence-electron chi connectivity index (χ2n) is 2.69. The summed E-state index contributed by atoms with van der Waals surface area (Å²) in [4.78, 5) is 6.73. The van der Waals surface area contributed by atoms with Crippen LogP contribution in [0.5, 0.6) is 0 Å². The van der Waals surface area contributed by atoms with Gasteiger partial charge in [-0.1, -0.05) is 11.6 Å². The molecule has 2 rings (SSSR count). The molecule has 6 heteroatoms. The third kappa shape index (κ3) is 1.53. The van der Waals surface area contributed by atoms with Crippen LogP contribution in [0.15, 0.2) is 18.3 Å². The summed E-state index contributed by atoms with van der Waals surface area (Å²) in [5.74, 6) is 0. The molecule has 0 aliphatic rings. The van der Waals surface area contributed by atoms with Gasteiger partial charge in [-0.25, -0.2) is 4.98 Å². The van der Waals surface area contributed by atoms with Crippen molar-refractivity contribution in [3.05, 3.63) is 23.4 Å². The number of aromatic amines is 1. The lowest BCUT2D eigenvalue weighted by Crippen LogP contribution is -2.30. The molecule has 0 unspecified atom stereocenters. The maximum absolute atomic E-state index is 8.86. The Labute approximate surface area is 79.3 Å². The summed E-state index contributed by atoms with van der Waals surface area (Å²) in [6.07, 6.45) is 1.49. The molecule has 0 spiro atoms. The van der Waals surface area contributed by atoms with E-state index in [-0.39, 0.29) is 0 Å². The van der Waals surface area contributed by atoms with E-state index in [0.717, 1.165) is 5.39 Å². The molecule has 2 aromatic heterocycles. The van der Waals surface area contributed by atoms with E-state index in [1.165, 1.54) is 6.20 Å². The molecule has 0 bridgehead atoms. The molecule has 0 amide bonds. The van der Waals surface area contributed by atoms with Crippen LogP contribution < -0.4 is 5.59 Å². The molecule has 0 atom stereocenters. The van der Waals surface area contributed by atoms with Crippen LogP contribution >= 0.6 is 11.6 Å². The SMILES string of the molecule is OB(O)c1cc2cc(Cl)cnc2[nH]1. The topological polar surface area (TPSA) is 69.1 Å². The summed E-state index contributed by atoms with van der Waals surface area (Å²) in [5, 5.41) is 19.0. The van der Waals surface area contributed by atoms with Gasteiger partial charge in [-0.15, -0.1) is 0 Å². The van der Waals surface area contributed by atoms with Gasteiger partial charge in [-0.2, -0.15) is 0 Å². The molecule has 0 aromatic carbocycles. The van der Waals surface area contributed by atoms with Crippen molar-refractivity contribution in [1.29, 1.82) is 0 Å². The second kappa shape index (κ2) is 3.03. The van der Waals surface area contributed by atoms with Crippen molar-refractivity contribution < 1.29 is 10.0 Å². The lowest BCUT2D eigenvalue weighted by atomic mass is 9.87. The number of fused-ring (bicyclic) bond motifs is 1. The first kappa shape index (κ1) is 8.56. The summed E-state index contributed by atoms with van der Waals surface area (Å²) in [5.41, 5.74) is 0.900. The fourth-order valence-electron chi connectivity index (χ4n) is 1.15. The first-order valence-corrected chi connectivity index (χ1v) is 4.05. The summed E-state index contributed by atoms with van der Waals surface area (Å²) >= 11 is 5.71. The highest BCUT2D eigenvalue weighted by Crippen LogP contribution is 2.13. The molecule has 3 N–H and O–H groups in total. The minimum Gasteiger partial charge on any atom is -0.422 e. The molecule has 2 aromatic rings. The number of nitrogens with one attached hydrogen (secondary N) is 1. The van der Waals surface area contributed by atoms with E-state index in [4.69, 9.17) is 21.6 Å². The highest BCUT2D eigenvalue weighted by atomic mass is 35.5. The van der Waals surface area contributed by atoms with Crippen molar-refractivity contribution in [2.24, 2.45) is 0 Å². The van der Waals surface area contributed by atoms with Crippen molar-refractivity contribution in [3.63, 3.8) is 0 Å². The Morgan fingerprint density at radius 2 is 2.15 bits per heavy atom. The van der Waals surface area contributed by atoms with Gasteiger partial charge in [-0.05, 0) is 12.1 Å². The van der Waals surface area contributed by atoms with Gasteiger partial charge in [0.15, 0.2) is 0 Å². The van der Waals surface area contributed by atoms with Gasteiger partial charge in [-0.3, -0.25) is 0 Å². The van der Waals surface area contributed by atoms with E-state index in [0.29, 0.717) is 16.3 Å². The van der Waals surface area contributed by atoms with Crippen molar-refractivity contribution in [1.82, 2.24) is 9.97 Å². The van der Waals surface area contributed by atoms with Gasteiger partial charge < -0.3 is 15.0 Å². The number of rotatable bonds is 1. The van der Waals surface area contributed by atoms with Gasteiger partial charge in [0.1, 0.15) is 5.65 Å². The number of H-pyrrole nitrogens is 1. The van der Waals surface area contributed by atoms with Gasteiger partial charge in [0.25, 0.3) is 0 Å². The van der Waals surface area contributed by atoms with Crippen molar-refractivity contribution in [2.75, 3.05) is 0 Å². The molecular formula is C7H6BClN2O2. The normalized spacial score (nSPS) is 10.7. The van der Waals surface area contributed by atoms with E-state index in [2.05, 4.69) is 9.97 Å². The zero-order valence-corrected chi connectivity index (χ0v) is 7.28. The first-order valence-electron chi connectivity index (χ1n) is 3.67. The standard InChI is InChI=1S/C7H6BClN2O2/c9-5-1-4-2-6(8(12)13)11-7(4)10-3-5/h1-3,12-13H,(H,10,11). The fraction of sp³-hybridized carbons (Fsp3) is 0. The third-order valence-electron chi connectivity index (χ3n) is 1.74. The Morgan fingerprint density at radius 1 is 1.38 bits per heavy atom. The molecule has 0 fully saturated rings. The predicted molar refractivity (Wildman–Crippen MR) is 50.9 cm³/mol. The second-order valence-corrected chi connectivity index (χ2v) is 3.13. The molecule has 0 aliphatic heterocycles. The maximum Gasteiger partial charge on any atom is 0.505 e. The van der Waals surface area contributed by atoms with Crippen LogP contribution in [0.3, 0.4) is 0 Å². The molecule has 0 aliphatic carbocycles. The van der Waals surface area contributed by atoms with Crippen LogP contribution in [0.4, 0.5) is 0 Å². The lowest BCUT2D eigenvalue weighted by Gasteiger charge is -1.89. The Kier molecular flexibility index (Phi) is 1.99. The highest BCUT2D eigenvalue weighted by Gasteiger charge is 2.14. The predicted octanol–water partition coefficient (Wildman–Crippen LogP) is -0.104. The molecule has 66 valence electrons. The fourth-order valence-corrected chi connectivity index (χ4v) is 1.32. The molecule has 0 saturated carbocycles. The van der Waals surface area contributed by atoms with Crippen LogP contribution in [0, 0.1) is 0 Å². The molecule has 0 saturated heterocycles. The van der Waals surface area contributed by atoms with Crippen LogP contribution in [-0.4, -0.2) is 27.1 Å². The van der Waals surface area contributed by atoms with Crippen LogP contribution in [0.2, 0.25) is 5.02 Å². The lowest BCUT2D eigenvalue weighted by molar-refractivity contribution is 0.424. The average molecular weight is 196 g/mol. The van der Waals surface area contributed by atoms with Crippen LogP contribution in [0.25, 0.3) is 11.0 Å². The summed E-state index contributed by atoms with van der Waals surface area (Å²) in [6.45, 7) is 0. The minimum atomic E-state index is -1.51. The molecule has 13 heavy (non-hydrogen) atoms. The van der Waals surface area contributed by atoms with Gasteiger partial charge in [0, 0.05) is 17.2 Å². The first-order chi connectivity index (χ1) is 6.16. The zero-order valence-electron chi connectivity index (χ0n) is 6.53. The number of hydrogen-bond acceptors (Lipinski definition) is 3. The van der Waals surface area contributed by atoms with Crippen molar-refractivity contribution in [3.8, 4) is 0 Å². The highest BCUT2D eigenvalue weighted by molar-refractivity contribution is 6.58. The monoisotopic (exact) mass is 196 g/mol. The summed E-state index contributed by atoms with van der Waals surface area (Å²) < 4.78 is 0. The van der Waals surface area contributed by atoms with Crippen LogP contribution in [0.1, 0.15) is 0 Å². The van der Waals surface area contributed by atoms with Crippen LogP contribution in [-0.2, 0) is 0 Å². The molecule has 0 radical (unpaired) electrons. The Balaban J connectivity index is 2.62. The van der Waals surface area contributed by atoms with Gasteiger partial charge in [0.2, 0.25) is 0 Å². The maximum atomic E-state index is 8.86. The Hall–Kier alpha value is -1.04. The number of pyridine rings is 1. The number of aromatic nitrogens is 2. The van der Waals surface area contributed by atoms with Crippen molar-refractivity contribution >= 4 is 35.3 Å². The van der Waals surface area contributed by atoms with Crippen molar-refractivity contribution in [2.45, 2.75) is 0 Å². The largest absolute Gasteiger partial charge is 0.505 e. The van der Waals surface area contributed by atoms with E-state index in [1.807, 2.05) is 0 Å². The Bertz CT molecular complexity index is 443. The Morgan fingerprint density at radius 3 is 2.85 bits per heavy atom. The average Bonchev–Trinajstić information content (AvgIpc) is 2.46.